The Bertz CT molecular complexity index is 756. The second-order valence-corrected chi connectivity index (χ2v) is 5.45. The summed E-state index contributed by atoms with van der Waals surface area (Å²) >= 11 is 0. The van der Waals surface area contributed by atoms with Crippen LogP contribution in [-0.2, 0) is 9.53 Å². The molecule has 0 unspecified atom stereocenters. The highest BCUT2D eigenvalue weighted by Crippen LogP contribution is 2.30. The van der Waals surface area contributed by atoms with E-state index >= 15 is 0 Å². The Morgan fingerprint density at radius 2 is 2.12 bits per heavy atom. The second-order valence-electron chi connectivity index (χ2n) is 5.45. The molecule has 0 amide bonds. The fourth-order valence-corrected chi connectivity index (χ4v) is 2.21. The molecule has 0 aliphatic heterocycles. The van der Waals surface area contributed by atoms with Gasteiger partial charge >= 0.3 is 5.97 Å². The number of methoxy groups -OCH3 is 1. The van der Waals surface area contributed by atoms with Crippen molar-refractivity contribution in [1.29, 1.82) is 10.7 Å². The lowest BCUT2D eigenvalue weighted by atomic mass is 9.95. The van der Waals surface area contributed by atoms with Crippen molar-refractivity contribution in [2.45, 2.75) is 27.7 Å². The molecule has 1 aromatic rings. The molecule has 0 saturated heterocycles. The van der Waals surface area contributed by atoms with E-state index in [9.17, 15) is 4.79 Å². The van der Waals surface area contributed by atoms with Crippen LogP contribution in [0.2, 0.25) is 0 Å². The van der Waals surface area contributed by atoms with E-state index in [0.717, 1.165) is 0 Å². The number of hydrogen-bond acceptors (Lipinski definition) is 6. The van der Waals surface area contributed by atoms with Crippen LogP contribution in [0, 0.1) is 22.7 Å². The molecule has 25 heavy (non-hydrogen) atoms. The Hall–Kier alpha value is -2.94. The summed E-state index contributed by atoms with van der Waals surface area (Å²) in [7, 11) is 1.52. The van der Waals surface area contributed by atoms with Gasteiger partial charge in [0.1, 0.15) is 17.1 Å². The number of allylic oxidation sites excluding steroid dienone is 1. The highest BCUT2D eigenvalue weighted by atomic mass is 16.5. The summed E-state index contributed by atoms with van der Waals surface area (Å²) in [5.41, 5.74) is 1.63. The summed E-state index contributed by atoms with van der Waals surface area (Å²) in [6.45, 7) is 7.47. The van der Waals surface area contributed by atoms with Gasteiger partial charge in [0.05, 0.1) is 31.1 Å². The molecule has 6 nitrogen and oxygen atoms in total. The van der Waals surface area contributed by atoms with Crippen molar-refractivity contribution in [1.82, 2.24) is 0 Å². The predicted octanol–water partition coefficient (Wildman–Crippen LogP) is 3.82. The Morgan fingerprint density at radius 1 is 1.44 bits per heavy atom. The van der Waals surface area contributed by atoms with Crippen molar-refractivity contribution >= 4 is 23.1 Å². The SMILES string of the molecule is C/C=C(\C(=N)C(=O)OCC)C(=Nc1cc(C#N)ccc1OC)C(C)C. The number of aliphatic imine (C=N–C) groups is 1. The smallest absolute Gasteiger partial charge is 0.356 e. The maximum absolute atomic E-state index is 11.9. The van der Waals surface area contributed by atoms with E-state index in [0.29, 0.717) is 28.3 Å². The predicted molar refractivity (Wildman–Crippen MR) is 97.8 cm³/mol. The fourth-order valence-electron chi connectivity index (χ4n) is 2.21. The van der Waals surface area contributed by atoms with Gasteiger partial charge < -0.3 is 9.47 Å². The van der Waals surface area contributed by atoms with Crippen molar-refractivity contribution in [2.75, 3.05) is 13.7 Å². The van der Waals surface area contributed by atoms with E-state index in [1.54, 1.807) is 38.1 Å². The fraction of sp³-hybridized carbons (Fsp3) is 0.368. The molecule has 0 atom stereocenters. The first-order chi connectivity index (χ1) is 11.9. The third-order valence-electron chi connectivity index (χ3n) is 3.41. The third-order valence-corrected chi connectivity index (χ3v) is 3.41. The zero-order chi connectivity index (χ0) is 19.0. The van der Waals surface area contributed by atoms with E-state index in [2.05, 4.69) is 11.1 Å². The van der Waals surface area contributed by atoms with Crippen LogP contribution in [0.3, 0.4) is 0 Å². The van der Waals surface area contributed by atoms with Crippen LogP contribution >= 0.6 is 0 Å². The van der Waals surface area contributed by atoms with Crippen molar-refractivity contribution in [3.63, 3.8) is 0 Å². The Balaban J connectivity index is 3.45. The lowest BCUT2D eigenvalue weighted by Gasteiger charge is -2.16. The minimum absolute atomic E-state index is 0.0589. The summed E-state index contributed by atoms with van der Waals surface area (Å²) in [4.78, 5) is 16.5. The van der Waals surface area contributed by atoms with Gasteiger partial charge in [-0.1, -0.05) is 19.9 Å². The zero-order valence-corrected chi connectivity index (χ0v) is 15.2. The zero-order valence-electron chi connectivity index (χ0n) is 15.2. The Labute approximate surface area is 148 Å². The minimum Gasteiger partial charge on any atom is -0.494 e. The number of nitrogens with zero attached hydrogens (tertiary/aromatic N) is 2. The second kappa shape index (κ2) is 9.38. The third kappa shape index (κ3) is 5.01. The summed E-state index contributed by atoms with van der Waals surface area (Å²) in [6, 6.07) is 6.99. The van der Waals surface area contributed by atoms with Crippen LogP contribution in [0.5, 0.6) is 5.75 Å². The lowest BCUT2D eigenvalue weighted by Crippen LogP contribution is -2.25. The molecule has 0 radical (unpaired) electrons. The van der Waals surface area contributed by atoms with Crippen LogP contribution < -0.4 is 4.74 Å². The van der Waals surface area contributed by atoms with E-state index in [1.807, 2.05) is 13.8 Å². The molecule has 0 fully saturated rings. The number of rotatable bonds is 7. The van der Waals surface area contributed by atoms with Crippen LogP contribution in [0.25, 0.3) is 0 Å². The van der Waals surface area contributed by atoms with Crippen molar-refractivity contribution in [2.24, 2.45) is 10.9 Å². The Morgan fingerprint density at radius 3 is 2.60 bits per heavy atom. The molecular formula is C19H23N3O3. The van der Waals surface area contributed by atoms with Gasteiger partial charge in [-0.15, -0.1) is 0 Å². The van der Waals surface area contributed by atoms with E-state index in [4.69, 9.17) is 20.1 Å². The van der Waals surface area contributed by atoms with Crippen molar-refractivity contribution in [3.05, 3.63) is 35.4 Å². The standard InChI is InChI=1S/C19H23N3O3/c1-6-14(17(21)19(23)25-7-2)18(12(3)4)22-15-10-13(11-20)8-9-16(15)24-5/h6,8-10,12,21H,7H2,1-5H3/b14-6+,21-17?,22-18?. The van der Waals surface area contributed by atoms with Crippen LogP contribution in [0.4, 0.5) is 5.69 Å². The van der Waals surface area contributed by atoms with E-state index in [-0.39, 0.29) is 18.2 Å². The van der Waals surface area contributed by atoms with Gasteiger partial charge in [-0.25, -0.2) is 9.79 Å². The lowest BCUT2D eigenvalue weighted by molar-refractivity contribution is -0.135. The van der Waals surface area contributed by atoms with Crippen LogP contribution in [-0.4, -0.2) is 31.1 Å². The molecule has 0 bridgehead atoms. The number of nitrogens with one attached hydrogen (secondary N) is 1. The number of hydrogen-bond donors (Lipinski definition) is 1. The summed E-state index contributed by atoms with van der Waals surface area (Å²) < 4.78 is 10.2. The topological polar surface area (TPSA) is 95.5 Å². The highest BCUT2D eigenvalue weighted by Gasteiger charge is 2.22. The van der Waals surface area contributed by atoms with Gasteiger partial charge in [0.25, 0.3) is 0 Å². The summed E-state index contributed by atoms with van der Waals surface area (Å²) in [6.07, 6.45) is 1.67. The van der Waals surface area contributed by atoms with Gasteiger partial charge in [-0.05, 0) is 38.0 Å². The quantitative estimate of drug-likeness (QED) is 0.602. The summed E-state index contributed by atoms with van der Waals surface area (Å²) in [5.74, 6) is -0.242. The van der Waals surface area contributed by atoms with Gasteiger partial charge in [0.2, 0.25) is 0 Å². The average Bonchev–Trinajstić information content (AvgIpc) is 2.61. The van der Waals surface area contributed by atoms with Crippen molar-refractivity contribution in [3.8, 4) is 11.8 Å². The van der Waals surface area contributed by atoms with Crippen LogP contribution in [0.15, 0.2) is 34.8 Å². The first-order valence-electron chi connectivity index (χ1n) is 7.98. The van der Waals surface area contributed by atoms with Gasteiger partial charge in [0, 0.05) is 5.57 Å². The van der Waals surface area contributed by atoms with Crippen molar-refractivity contribution < 1.29 is 14.3 Å². The average molecular weight is 341 g/mol. The number of ether oxygens (including phenoxy) is 2. The van der Waals surface area contributed by atoms with Gasteiger partial charge in [0.15, 0.2) is 0 Å². The number of carbonyl (C=O) groups is 1. The molecule has 0 spiro atoms. The number of nitriles is 1. The molecular weight excluding hydrogens is 318 g/mol. The number of esters is 1. The first-order valence-corrected chi connectivity index (χ1v) is 7.98. The maximum Gasteiger partial charge on any atom is 0.356 e. The molecule has 0 heterocycles. The monoisotopic (exact) mass is 341 g/mol. The largest absolute Gasteiger partial charge is 0.494 e. The Kier molecular flexibility index (Phi) is 7.54. The molecule has 6 heteroatoms. The molecule has 0 aliphatic carbocycles. The van der Waals surface area contributed by atoms with Crippen LogP contribution in [0.1, 0.15) is 33.3 Å². The number of benzene rings is 1. The molecule has 0 aliphatic rings. The maximum atomic E-state index is 11.9. The van der Waals surface area contributed by atoms with Gasteiger partial charge in [-0.2, -0.15) is 5.26 Å². The minimum atomic E-state index is -0.693. The normalized spacial score (nSPS) is 11.9. The first kappa shape index (κ1) is 20.1. The molecule has 132 valence electrons. The molecule has 1 rings (SSSR count). The highest BCUT2D eigenvalue weighted by molar-refractivity contribution is 6.49. The van der Waals surface area contributed by atoms with E-state index in [1.165, 1.54) is 7.11 Å². The number of carbonyl (C=O) groups excluding carboxylic acids is 1. The molecule has 1 N–H and O–H groups in total. The van der Waals surface area contributed by atoms with E-state index < -0.39 is 5.97 Å². The molecule has 0 saturated carbocycles. The molecule has 1 aromatic carbocycles. The summed E-state index contributed by atoms with van der Waals surface area (Å²) in [5, 5.41) is 17.2. The van der Waals surface area contributed by atoms with Gasteiger partial charge in [-0.3, -0.25) is 5.41 Å². The molecule has 0 aromatic heterocycles.